The minimum atomic E-state index is 0.148. The molecule has 0 saturated carbocycles. The summed E-state index contributed by atoms with van der Waals surface area (Å²) in [6, 6.07) is 5.93. The Bertz CT molecular complexity index is 541. The van der Waals surface area contributed by atoms with Crippen molar-refractivity contribution in [2.24, 2.45) is 7.05 Å². The van der Waals surface area contributed by atoms with E-state index in [1.54, 1.807) is 4.68 Å². The second kappa shape index (κ2) is 5.82. The second-order valence-corrected chi connectivity index (χ2v) is 5.39. The minimum Gasteiger partial charge on any atom is -0.313 e. The van der Waals surface area contributed by atoms with Crippen molar-refractivity contribution in [3.8, 4) is 0 Å². The zero-order valence-corrected chi connectivity index (χ0v) is 12.5. The van der Waals surface area contributed by atoms with Crippen LogP contribution in [-0.4, -0.2) is 22.0 Å². The van der Waals surface area contributed by atoms with Crippen molar-refractivity contribution >= 4 is 27.5 Å². The Hall–Kier alpha value is -0.910. The number of aryl methyl sites for hydroxylation is 1. The molecular weight excluding hydrogens is 316 g/mol. The molecule has 0 saturated heterocycles. The Morgan fingerprint density at radius 1 is 1.50 bits per heavy atom. The molecule has 0 radical (unpaired) electrons. The molecule has 0 amide bonds. The van der Waals surface area contributed by atoms with Gasteiger partial charge in [0, 0.05) is 35.2 Å². The molecule has 0 aliphatic carbocycles. The summed E-state index contributed by atoms with van der Waals surface area (Å²) in [5.41, 5.74) is 2.07. The summed E-state index contributed by atoms with van der Waals surface area (Å²) in [6.45, 7) is 0. The maximum absolute atomic E-state index is 6.04. The van der Waals surface area contributed by atoms with E-state index in [0.29, 0.717) is 0 Å². The fourth-order valence-electron chi connectivity index (χ4n) is 1.85. The summed E-state index contributed by atoms with van der Waals surface area (Å²) >= 11 is 9.59. The largest absolute Gasteiger partial charge is 0.313 e. The molecule has 0 fully saturated rings. The Morgan fingerprint density at radius 3 is 2.89 bits per heavy atom. The number of likely N-dealkylation sites (N-methyl/N-ethyl adjacent to an activating group) is 1. The fourth-order valence-corrected chi connectivity index (χ4v) is 2.55. The van der Waals surface area contributed by atoms with Crippen molar-refractivity contribution in [1.82, 2.24) is 20.3 Å². The summed E-state index contributed by atoms with van der Waals surface area (Å²) in [7, 11) is 3.79. The average molecular weight is 330 g/mol. The van der Waals surface area contributed by atoms with Crippen molar-refractivity contribution in [1.29, 1.82) is 0 Å². The van der Waals surface area contributed by atoms with Crippen molar-refractivity contribution < 1.29 is 0 Å². The van der Waals surface area contributed by atoms with Gasteiger partial charge in [-0.2, -0.15) is 0 Å². The number of rotatable bonds is 4. The number of aromatic nitrogens is 3. The summed E-state index contributed by atoms with van der Waals surface area (Å²) in [6.07, 6.45) is 2.69. The second-order valence-electron chi connectivity index (χ2n) is 4.09. The standard InChI is InChI=1S/C12H14BrClN4/c1-15-12(6-9-7-18(2)17-16-9)10-5-8(14)3-4-11(10)13/h3-5,7,12,15H,6H2,1-2H3. The van der Waals surface area contributed by atoms with Crippen LogP contribution in [0.15, 0.2) is 28.9 Å². The molecule has 4 nitrogen and oxygen atoms in total. The number of hydrogen-bond donors (Lipinski definition) is 1. The molecule has 0 aliphatic heterocycles. The highest BCUT2D eigenvalue weighted by Crippen LogP contribution is 2.28. The van der Waals surface area contributed by atoms with Gasteiger partial charge in [0.1, 0.15) is 0 Å². The van der Waals surface area contributed by atoms with Gasteiger partial charge >= 0.3 is 0 Å². The minimum absolute atomic E-state index is 0.148. The molecule has 0 bridgehead atoms. The molecule has 1 aromatic carbocycles. The van der Waals surface area contributed by atoms with Gasteiger partial charge in [-0.15, -0.1) is 5.10 Å². The number of nitrogens with one attached hydrogen (secondary N) is 1. The van der Waals surface area contributed by atoms with E-state index in [-0.39, 0.29) is 6.04 Å². The van der Waals surface area contributed by atoms with E-state index in [1.807, 2.05) is 38.5 Å². The third kappa shape index (κ3) is 3.10. The van der Waals surface area contributed by atoms with Gasteiger partial charge in [-0.1, -0.05) is 32.7 Å². The number of benzene rings is 1. The molecule has 2 aromatic rings. The van der Waals surface area contributed by atoms with Crippen LogP contribution in [0.4, 0.5) is 0 Å². The smallest absolute Gasteiger partial charge is 0.0845 e. The first-order chi connectivity index (χ1) is 8.60. The van der Waals surface area contributed by atoms with Gasteiger partial charge < -0.3 is 5.32 Å². The van der Waals surface area contributed by atoms with Crippen LogP contribution in [0.3, 0.4) is 0 Å². The third-order valence-electron chi connectivity index (χ3n) is 2.75. The SMILES string of the molecule is CNC(Cc1cn(C)nn1)c1cc(Cl)ccc1Br. The number of hydrogen-bond acceptors (Lipinski definition) is 3. The lowest BCUT2D eigenvalue weighted by molar-refractivity contribution is 0.581. The van der Waals surface area contributed by atoms with Crippen molar-refractivity contribution in [2.45, 2.75) is 12.5 Å². The van der Waals surface area contributed by atoms with Crippen LogP contribution in [-0.2, 0) is 13.5 Å². The van der Waals surface area contributed by atoms with Crippen LogP contribution in [0.5, 0.6) is 0 Å². The van der Waals surface area contributed by atoms with E-state index in [0.717, 1.165) is 27.2 Å². The predicted octanol–water partition coefficient (Wildman–Crippen LogP) is 2.73. The zero-order valence-electron chi connectivity index (χ0n) is 10.2. The molecular formula is C12H14BrClN4. The van der Waals surface area contributed by atoms with E-state index in [4.69, 9.17) is 11.6 Å². The van der Waals surface area contributed by atoms with Crippen molar-refractivity contribution in [3.63, 3.8) is 0 Å². The van der Waals surface area contributed by atoms with Crippen LogP contribution >= 0.6 is 27.5 Å². The van der Waals surface area contributed by atoms with E-state index in [9.17, 15) is 0 Å². The molecule has 1 unspecified atom stereocenters. The van der Waals surface area contributed by atoms with Crippen LogP contribution in [0, 0.1) is 0 Å². The van der Waals surface area contributed by atoms with Gasteiger partial charge in [-0.3, -0.25) is 4.68 Å². The lowest BCUT2D eigenvalue weighted by atomic mass is 10.0. The maximum Gasteiger partial charge on any atom is 0.0845 e. The molecule has 0 aliphatic rings. The van der Waals surface area contributed by atoms with Gasteiger partial charge in [0.15, 0.2) is 0 Å². The van der Waals surface area contributed by atoms with Gasteiger partial charge in [0.2, 0.25) is 0 Å². The first kappa shape index (κ1) is 13.5. The molecule has 18 heavy (non-hydrogen) atoms. The topological polar surface area (TPSA) is 42.7 Å². The summed E-state index contributed by atoms with van der Waals surface area (Å²) in [5, 5.41) is 12.1. The quantitative estimate of drug-likeness (QED) is 0.938. The third-order valence-corrected chi connectivity index (χ3v) is 3.70. The van der Waals surface area contributed by atoms with Crippen LogP contribution in [0.2, 0.25) is 5.02 Å². The summed E-state index contributed by atoms with van der Waals surface area (Å²) in [5.74, 6) is 0. The summed E-state index contributed by atoms with van der Waals surface area (Å²) < 4.78 is 2.74. The van der Waals surface area contributed by atoms with E-state index < -0.39 is 0 Å². The van der Waals surface area contributed by atoms with Crippen molar-refractivity contribution in [3.05, 3.63) is 45.1 Å². The highest BCUT2D eigenvalue weighted by atomic mass is 79.9. The van der Waals surface area contributed by atoms with E-state index >= 15 is 0 Å². The zero-order chi connectivity index (χ0) is 13.1. The summed E-state index contributed by atoms with van der Waals surface area (Å²) in [4.78, 5) is 0. The highest BCUT2D eigenvalue weighted by Gasteiger charge is 2.15. The van der Waals surface area contributed by atoms with Crippen LogP contribution < -0.4 is 5.32 Å². The molecule has 0 spiro atoms. The van der Waals surface area contributed by atoms with Crippen LogP contribution in [0.25, 0.3) is 0 Å². The first-order valence-corrected chi connectivity index (χ1v) is 6.74. The highest BCUT2D eigenvalue weighted by molar-refractivity contribution is 9.10. The predicted molar refractivity (Wildman–Crippen MR) is 75.7 cm³/mol. The van der Waals surface area contributed by atoms with E-state index in [1.165, 1.54) is 0 Å². The van der Waals surface area contributed by atoms with Gasteiger partial charge in [0.05, 0.1) is 5.69 Å². The average Bonchev–Trinajstić information content (AvgIpc) is 2.75. The maximum atomic E-state index is 6.04. The molecule has 1 aromatic heterocycles. The number of halogens is 2. The Morgan fingerprint density at radius 2 is 2.28 bits per heavy atom. The molecule has 2 rings (SSSR count). The lowest BCUT2D eigenvalue weighted by Gasteiger charge is -2.17. The van der Waals surface area contributed by atoms with Gasteiger partial charge in [-0.05, 0) is 30.8 Å². The Balaban J connectivity index is 2.25. The molecule has 1 atom stereocenters. The monoisotopic (exact) mass is 328 g/mol. The van der Waals surface area contributed by atoms with Crippen LogP contribution in [0.1, 0.15) is 17.3 Å². The number of nitrogens with zero attached hydrogens (tertiary/aromatic N) is 3. The molecule has 1 N–H and O–H groups in total. The Labute approximate surface area is 119 Å². The molecule has 6 heteroatoms. The normalized spacial score (nSPS) is 12.7. The Kier molecular flexibility index (Phi) is 4.37. The van der Waals surface area contributed by atoms with Gasteiger partial charge in [-0.25, -0.2) is 0 Å². The molecule has 96 valence electrons. The molecule has 1 heterocycles. The lowest BCUT2D eigenvalue weighted by Crippen LogP contribution is -2.19. The van der Waals surface area contributed by atoms with Crippen molar-refractivity contribution in [2.75, 3.05) is 7.05 Å². The first-order valence-electron chi connectivity index (χ1n) is 5.57. The van der Waals surface area contributed by atoms with E-state index in [2.05, 4.69) is 31.6 Å². The van der Waals surface area contributed by atoms with Gasteiger partial charge in [0.25, 0.3) is 0 Å². The fraction of sp³-hybridized carbons (Fsp3) is 0.333.